The van der Waals surface area contributed by atoms with Crippen molar-refractivity contribution >= 4 is 11.6 Å². The number of hydrogen-bond acceptors (Lipinski definition) is 7. The minimum Gasteiger partial charge on any atom is -0.497 e. The highest BCUT2D eigenvalue weighted by Gasteiger charge is 2.41. The zero-order chi connectivity index (χ0) is 21.5. The Balaban J connectivity index is 1.48. The molecule has 164 valence electrons. The number of ether oxygens (including phenoxy) is 2. The van der Waals surface area contributed by atoms with Crippen LogP contribution >= 0.6 is 0 Å². The maximum Gasteiger partial charge on any atom is 0.322 e. The van der Waals surface area contributed by atoms with E-state index in [2.05, 4.69) is 42.6 Å². The Bertz CT molecular complexity index is 1080. The van der Waals surface area contributed by atoms with Crippen LogP contribution in [0.1, 0.15) is 56.7 Å². The standard InChI is InChI=1S/C23H30N6O2/c1-13(2)18-12-25-29-21(18)27-23(31-20-9-15-8-19(20)24-11-15)28-22(29)26-14(3)16-6-5-7-17(10-16)30-4/h5-7,10,12-15,19-20,24H,8-9,11H2,1-4H3,(H,26,27,28)/t14-,15?,19?,20?/m0/s1. The maximum atomic E-state index is 6.30. The van der Waals surface area contributed by atoms with Crippen LogP contribution in [-0.4, -0.2) is 45.4 Å². The molecule has 1 aromatic carbocycles. The first kappa shape index (κ1) is 20.1. The van der Waals surface area contributed by atoms with E-state index in [1.54, 1.807) is 11.6 Å². The molecule has 2 aliphatic rings. The van der Waals surface area contributed by atoms with Crippen LogP contribution in [0.25, 0.3) is 5.65 Å². The molecule has 2 N–H and O–H groups in total. The molecule has 0 spiro atoms. The van der Waals surface area contributed by atoms with Crippen LogP contribution in [0.2, 0.25) is 0 Å². The van der Waals surface area contributed by atoms with Gasteiger partial charge in [-0.2, -0.15) is 19.6 Å². The van der Waals surface area contributed by atoms with E-state index in [1.807, 2.05) is 24.4 Å². The molecular formula is C23H30N6O2. The summed E-state index contributed by atoms with van der Waals surface area (Å²) in [7, 11) is 1.68. The summed E-state index contributed by atoms with van der Waals surface area (Å²) in [6.07, 6.45) is 4.23. The van der Waals surface area contributed by atoms with Crippen molar-refractivity contribution in [1.29, 1.82) is 0 Å². The molecule has 0 radical (unpaired) electrons. The van der Waals surface area contributed by atoms with Crippen LogP contribution in [0, 0.1) is 5.92 Å². The second-order valence-electron chi connectivity index (χ2n) is 8.97. The highest BCUT2D eigenvalue weighted by atomic mass is 16.5. The summed E-state index contributed by atoms with van der Waals surface area (Å²) >= 11 is 0. The minimum atomic E-state index is -0.00286. The van der Waals surface area contributed by atoms with E-state index >= 15 is 0 Å². The molecule has 8 heteroatoms. The molecule has 2 bridgehead atoms. The maximum absolute atomic E-state index is 6.30. The van der Waals surface area contributed by atoms with Crippen molar-refractivity contribution in [2.24, 2.45) is 5.92 Å². The number of hydrogen-bond donors (Lipinski definition) is 2. The van der Waals surface area contributed by atoms with Crippen molar-refractivity contribution < 1.29 is 9.47 Å². The number of benzene rings is 1. The molecule has 2 aromatic heterocycles. The van der Waals surface area contributed by atoms with Crippen LogP contribution in [0.3, 0.4) is 0 Å². The van der Waals surface area contributed by atoms with Crippen LogP contribution in [0.5, 0.6) is 11.8 Å². The summed E-state index contributed by atoms with van der Waals surface area (Å²) in [6.45, 7) is 7.47. The molecule has 3 heterocycles. The predicted octanol–water partition coefficient (Wildman–Crippen LogP) is 3.56. The summed E-state index contributed by atoms with van der Waals surface area (Å²) in [6, 6.07) is 8.83. The van der Waals surface area contributed by atoms with E-state index in [1.165, 1.54) is 6.42 Å². The molecule has 2 fully saturated rings. The van der Waals surface area contributed by atoms with Crippen LogP contribution < -0.4 is 20.1 Å². The van der Waals surface area contributed by atoms with Crippen molar-refractivity contribution in [3.63, 3.8) is 0 Å². The van der Waals surface area contributed by atoms with Crippen molar-refractivity contribution in [3.05, 3.63) is 41.6 Å². The third kappa shape index (κ3) is 3.80. The normalized spacial score (nSPS) is 23.5. The lowest BCUT2D eigenvalue weighted by Gasteiger charge is -2.23. The third-order valence-electron chi connectivity index (χ3n) is 6.46. The van der Waals surface area contributed by atoms with Gasteiger partial charge in [0.1, 0.15) is 11.9 Å². The van der Waals surface area contributed by atoms with Gasteiger partial charge in [0, 0.05) is 11.6 Å². The van der Waals surface area contributed by atoms with Crippen LogP contribution in [0.15, 0.2) is 30.5 Å². The molecule has 31 heavy (non-hydrogen) atoms. The molecule has 3 unspecified atom stereocenters. The second kappa shape index (κ2) is 8.00. The number of piperidine rings is 1. The average Bonchev–Trinajstić information content (AvgIpc) is 3.49. The fourth-order valence-electron chi connectivity index (χ4n) is 4.68. The SMILES string of the molecule is COc1cccc([C@H](C)Nc2nc(OC3CC4CNC3C4)nc3c(C(C)C)cnn23)c1. The molecular weight excluding hydrogens is 392 g/mol. The summed E-state index contributed by atoms with van der Waals surface area (Å²) in [4.78, 5) is 9.48. The average molecular weight is 423 g/mol. The molecule has 8 nitrogen and oxygen atoms in total. The smallest absolute Gasteiger partial charge is 0.322 e. The van der Waals surface area contributed by atoms with Gasteiger partial charge in [-0.1, -0.05) is 26.0 Å². The van der Waals surface area contributed by atoms with Crippen LogP contribution in [-0.2, 0) is 0 Å². The summed E-state index contributed by atoms with van der Waals surface area (Å²) in [5.74, 6) is 2.45. The minimum absolute atomic E-state index is 0.00286. The van der Waals surface area contributed by atoms with Crippen LogP contribution in [0.4, 0.5) is 5.95 Å². The number of fused-ring (bicyclic) bond motifs is 3. The van der Waals surface area contributed by atoms with E-state index in [9.17, 15) is 0 Å². The number of nitrogens with one attached hydrogen (secondary N) is 2. The van der Waals surface area contributed by atoms with E-state index in [4.69, 9.17) is 19.4 Å². The van der Waals surface area contributed by atoms with Crippen molar-refractivity contribution in [2.45, 2.75) is 57.7 Å². The fraction of sp³-hybridized carbons (Fsp3) is 0.522. The van der Waals surface area contributed by atoms with Gasteiger partial charge in [-0.05, 0) is 55.8 Å². The van der Waals surface area contributed by atoms with E-state index in [-0.39, 0.29) is 12.1 Å². The highest BCUT2D eigenvalue weighted by Crippen LogP contribution is 2.34. The Morgan fingerprint density at radius 2 is 2.06 bits per heavy atom. The number of rotatable bonds is 7. The van der Waals surface area contributed by atoms with Gasteiger partial charge in [0.25, 0.3) is 0 Å². The molecule has 1 aliphatic heterocycles. The van der Waals surface area contributed by atoms with Gasteiger partial charge in [0.05, 0.1) is 19.3 Å². The second-order valence-corrected chi connectivity index (χ2v) is 8.97. The van der Waals surface area contributed by atoms with E-state index < -0.39 is 0 Å². The van der Waals surface area contributed by atoms with Crippen molar-refractivity contribution in [3.8, 4) is 11.8 Å². The van der Waals surface area contributed by atoms with Crippen molar-refractivity contribution in [2.75, 3.05) is 19.0 Å². The fourth-order valence-corrected chi connectivity index (χ4v) is 4.68. The zero-order valence-electron chi connectivity index (χ0n) is 18.5. The lowest BCUT2D eigenvalue weighted by atomic mass is 10.1. The number of nitrogens with zero attached hydrogens (tertiary/aromatic N) is 4. The Labute approximate surface area is 182 Å². The third-order valence-corrected chi connectivity index (χ3v) is 6.46. The van der Waals surface area contributed by atoms with E-state index in [0.717, 1.165) is 35.5 Å². The Morgan fingerprint density at radius 1 is 1.19 bits per heavy atom. The summed E-state index contributed by atoms with van der Waals surface area (Å²) in [5.41, 5.74) is 2.97. The molecule has 1 saturated heterocycles. The van der Waals surface area contributed by atoms with Gasteiger partial charge in [0.15, 0.2) is 5.65 Å². The summed E-state index contributed by atoms with van der Waals surface area (Å²) in [5, 5.41) is 11.6. The predicted molar refractivity (Wildman–Crippen MR) is 119 cm³/mol. The topological polar surface area (TPSA) is 85.6 Å². The Morgan fingerprint density at radius 3 is 2.77 bits per heavy atom. The lowest BCUT2D eigenvalue weighted by Crippen LogP contribution is -2.40. The number of aromatic nitrogens is 4. The first-order valence-electron chi connectivity index (χ1n) is 11.1. The molecule has 3 aromatic rings. The quantitative estimate of drug-likeness (QED) is 0.602. The molecule has 0 amide bonds. The number of methoxy groups -OCH3 is 1. The Hall–Kier alpha value is -2.87. The van der Waals surface area contributed by atoms with Gasteiger partial charge >= 0.3 is 6.01 Å². The molecule has 4 atom stereocenters. The largest absolute Gasteiger partial charge is 0.497 e. The highest BCUT2D eigenvalue weighted by molar-refractivity contribution is 5.53. The van der Waals surface area contributed by atoms with Gasteiger partial charge < -0.3 is 20.1 Å². The summed E-state index contributed by atoms with van der Waals surface area (Å²) < 4.78 is 13.5. The molecule has 5 rings (SSSR count). The Kier molecular flexibility index (Phi) is 5.17. The first-order valence-corrected chi connectivity index (χ1v) is 11.1. The first-order chi connectivity index (χ1) is 15.0. The van der Waals surface area contributed by atoms with Gasteiger partial charge in [-0.15, -0.1) is 0 Å². The molecule has 1 saturated carbocycles. The monoisotopic (exact) mass is 422 g/mol. The lowest BCUT2D eigenvalue weighted by molar-refractivity contribution is 0.145. The zero-order valence-corrected chi connectivity index (χ0v) is 18.5. The molecule has 1 aliphatic carbocycles. The number of anilines is 1. The van der Waals surface area contributed by atoms with Gasteiger partial charge in [-0.3, -0.25) is 0 Å². The van der Waals surface area contributed by atoms with Gasteiger partial charge in [-0.25, -0.2) is 0 Å². The van der Waals surface area contributed by atoms with E-state index in [0.29, 0.717) is 29.8 Å². The van der Waals surface area contributed by atoms with Gasteiger partial charge in [0.2, 0.25) is 5.95 Å². The van der Waals surface area contributed by atoms with Crippen molar-refractivity contribution in [1.82, 2.24) is 24.9 Å².